The van der Waals surface area contributed by atoms with Crippen molar-refractivity contribution in [1.29, 1.82) is 0 Å². The molecule has 124 valence electrons. The molecule has 6 heteroatoms. The summed E-state index contributed by atoms with van der Waals surface area (Å²) in [5.74, 6) is 0.311. The van der Waals surface area contributed by atoms with Gasteiger partial charge in [0.2, 0.25) is 0 Å². The number of rotatable bonds is 4. The quantitative estimate of drug-likeness (QED) is 0.856. The van der Waals surface area contributed by atoms with Crippen LogP contribution in [0.15, 0.2) is 66.1 Å². The van der Waals surface area contributed by atoms with Gasteiger partial charge in [0, 0.05) is 16.7 Å². The van der Waals surface area contributed by atoms with Crippen molar-refractivity contribution in [2.45, 2.75) is 6.04 Å². The fourth-order valence-corrected chi connectivity index (χ4v) is 3.91. The number of ether oxygens (including phenoxy) is 1. The highest BCUT2D eigenvalue weighted by Gasteiger charge is 2.31. The van der Waals surface area contributed by atoms with E-state index in [-0.39, 0.29) is 11.7 Å². The minimum Gasteiger partial charge on any atom is -0.497 e. The second kappa shape index (κ2) is 6.49. The number of hydrogen-bond donors (Lipinski definition) is 0. The van der Waals surface area contributed by atoms with Gasteiger partial charge in [-0.3, -0.25) is 4.79 Å². The molecule has 2 aromatic carbocycles. The average molecular weight is 343 g/mol. The van der Waals surface area contributed by atoms with Gasteiger partial charge in [-0.1, -0.05) is 18.2 Å². The third-order valence-electron chi connectivity index (χ3n) is 3.83. The van der Waals surface area contributed by atoms with Gasteiger partial charge in [-0.25, -0.2) is 8.42 Å². The average Bonchev–Trinajstić information content (AvgIpc) is 2.96. The number of anilines is 1. The fraction of sp³-hybridized carbons (Fsp3) is 0.167. The lowest BCUT2D eigenvalue weighted by atomic mass is 10.1. The van der Waals surface area contributed by atoms with E-state index >= 15 is 0 Å². The van der Waals surface area contributed by atoms with Crippen molar-refractivity contribution in [3.63, 3.8) is 0 Å². The Bertz CT molecular complexity index is 858. The molecule has 0 aromatic heterocycles. The van der Waals surface area contributed by atoms with Crippen LogP contribution in [0.4, 0.5) is 5.69 Å². The lowest BCUT2D eigenvalue weighted by Gasteiger charge is -2.28. The monoisotopic (exact) mass is 343 g/mol. The van der Waals surface area contributed by atoms with Crippen LogP contribution in [0.2, 0.25) is 0 Å². The van der Waals surface area contributed by atoms with Crippen LogP contribution in [0.3, 0.4) is 0 Å². The third-order valence-corrected chi connectivity index (χ3v) is 5.21. The molecule has 1 amide bonds. The van der Waals surface area contributed by atoms with Crippen LogP contribution in [0.1, 0.15) is 10.4 Å². The molecular weight excluding hydrogens is 326 g/mol. The minimum absolute atomic E-state index is 0.113. The molecule has 0 N–H and O–H groups in total. The van der Waals surface area contributed by atoms with E-state index in [9.17, 15) is 13.2 Å². The summed E-state index contributed by atoms with van der Waals surface area (Å²) in [6.07, 6.45) is 1.56. The molecule has 1 aliphatic heterocycles. The van der Waals surface area contributed by atoms with E-state index in [4.69, 9.17) is 4.74 Å². The number of amides is 1. The summed E-state index contributed by atoms with van der Waals surface area (Å²) < 4.78 is 28.7. The molecule has 0 spiro atoms. The Balaban J connectivity index is 2.00. The number of nitrogens with zero attached hydrogens (tertiary/aromatic N) is 1. The third kappa shape index (κ3) is 3.33. The van der Waals surface area contributed by atoms with E-state index in [1.165, 1.54) is 10.3 Å². The van der Waals surface area contributed by atoms with E-state index < -0.39 is 15.9 Å². The molecule has 0 fully saturated rings. The molecule has 2 aromatic rings. The van der Waals surface area contributed by atoms with Crippen molar-refractivity contribution < 1.29 is 17.9 Å². The van der Waals surface area contributed by atoms with Crippen LogP contribution >= 0.6 is 0 Å². The smallest absolute Gasteiger partial charge is 0.258 e. The van der Waals surface area contributed by atoms with Crippen LogP contribution in [0.5, 0.6) is 5.75 Å². The molecule has 0 bridgehead atoms. The standard InChI is InChI=1S/C18H17NO4S/c1-23-17-9-7-15(8-10-17)19(16-11-12-24(21,22)13-16)18(20)14-5-3-2-4-6-14/h2-12,16H,13H2,1H3. The number of carbonyl (C=O) groups is 1. The van der Waals surface area contributed by atoms with Gasteiger partial charge in [0.25, 0.3) is 5.91 Å². The largest absolute Gasteiger partial charge is 0.497 e. The van der Waals surface area contributed by atoms with Gasteiger partial charge in [-0.15, -0.1) is 0 Å². The van der Waals surface area contributed by atoms with Crippen molar-refractivity contribution in [2.24, 2.45) is 0 Å². The van der Waals surface area contributed by atoms with Crippen LogP contribution in [0.25, 0.3) is 0 Å². The first-order valence-corrected chi connectivity index (χ1v) is 9.15. The molecular formula is C18H17NO4S. The summed E-state index contributed by atoms with van der Waals surface area (Å²) in [5, 5.41) is 1.17. The summed E-state index contributed by atoms with van der Waals surface area (Å²) in [7, 11) is -1.71. The topological polar surface area (TPSA) is 63.7 Å². The van der Waals surface area contributed by atoms with Crippen molar-refractivity contribution in [3.05, 3.63) is 71.6 Å². The zero-order valence-corrected chi connectivity index (χ0v) is 13.9. The molecule has 0 saturated carbocycles. The molecule has 24 heavy (non-hydrogen) atoms. The van der Waals surface area contributed by atoms with Crippen molar-refractivity contribution in [1.82, 2.24) is 0 Å². The van der Waals surface area contributed by atoms with Gasteiger partial charge in [0.05, 0.1) is 18.9 Å². The second-order valence-electron chi connectivity index (χ2n) is 5.46. The predicted octanol–water partition coefficient (Wildman–Crippen LogP) is 2.65. The Morgan fingerprint density at radius 3 is 2.29 bits per heavy atom. The van der Waals surface area contributed by atoms with Crippen molar-refractivity contribution in [3.8, 4) is 5.75 Å². The van der Waals surface area contributed by atoms with E-state index in [0.29, 0.717) is 17.0 Å². The Morgan fingerprint density at radius 1 is 1.08 bits per heavy atom. The first kappa shape index (κ1) is 16.3. The summed E-state index contributed by atoms with van der Waals surface area (Å²) >= 11 is 0. The minimum atomic E-state index is -3.28. The van der Waals surface area contributed by atoms with Gasteiger partial charge in [0.1, 0.15) is 5.75 Å². The van der Waals surface area contributed by atoms with Gasteiger partial charge < -0.3 is 9.64 Å². The number of carbonyl (C=O) groups excluding carboxylic acids is 1. The second-order valence-corrected chi connectivity index (χ2v) is 7.40. The summed E-state index contributed by atoms with van der Waals surface area (Å²) in [6, 6.07) is 15.3. The summed E-state index contributed by atoms with van der Waals surface area (Å²) in [6.45, 7) is 0. The molecule has 3 rings (SSSR count). The molecule has 0 aliphatic carbocycles. The summed E-state index contributed by atoms with van der Waals surface area (Å²) in [4.78, 5) is 14.5. The van der Waals surface area contributed by atoms with Gasteiger partial charge in [-0.05, 0) is 42.5 Å². The zero-order chi connectivity index (χ0) is 17.2. The Labute approximate surface area is 141 Å². The Kier molecular flexibility index (Phi) is 4.40. The molecule has 1 atom stereocenters. The van der Waals surface area contributed by atoms with Crippen LogP contribution in [-0.2, 0) is 9.84 Å². The fourth-order valence-electron chi connectivity index (χ4n) is 2.64. The highest BCUT2D eigenvalue weighted by atomic mass is 32.2. The van der Waals surface area contributed by atoms with Gasteiger partial charge in [-0.2, -0.15) is 0 Å². The SMILES string of the molecule is COc1ccc(N(C(=O)c2ccccc2)C2C=CS(=O)(=O)C2)cc1. The number of benzene rings is 2. The Morgan fingerprint density at radius 2 is 1.75 bits per heavy atom. The number of hydrogen-bond acceptors (Lipinski definition) is 4. The van der Waals surface area contributed by atoms with Gasteiger partial charge >= 0.3 is 0 Å². The lowest BCUT2D eigenvalue weighted by molar-refractivity contribution is 0.0983. The van der Waals surface area contributed by atoms with Crippen molar-refractivity contribution >= 4 is 21.4 Å². The maximum atomic E-state index is 13.0. The summed E-state index contributed by atoms with van der Waals surface area (Å²) in [5.41, 5.74) is 1.13. The maximum absolute atomic E-state index is 13.0. The van der Waals surface area contributed by atoms with E-state index in [1.807, 2.05) is 6.07 Å². The molecule has 1 unspecified atom stereocenters. The first-order valence-electron chi connectivity index (χ1n) is 7.44. The van der Waals surface area contributed by atoms with E-state index in [2.05, 4.69) is 0 Å². The zero-order valence-electron chi connectivity index (χ0n) is 13.1. The Hall–Kier alpha value is -2.60. The van der Waals surface area contributed by atoms with E-state index in [0.717, 1.165) is 0 Å². The molecule has 5 nitrogen and oxygen atoms in total. The van der Waals surface area contributed by atoms with E-state index in [1.54, 1.807) is 61.7 Å². The van der Waals surface area contributed by atoms with Crippen molar-refractivity contribution in [2.75, 3.05) is 17.8 Å². The molecule has 0 saturated heterocycles. The first-order chi connectivity index (χ1) is 11.5. The normalized spacial score (nSPS) is 18.3. The molecule has 1 aliphatic rings. The predicted molar refractivity (Wildman–Crippen MR) is 93.0 cm³/mol. The number of methoxy groups -OCH3 is 1. The highest BCUT2D eigenvalue weighted by molar-refractivity contribution is 7.94. The lowest BCUT2D eigenvalue weighted by Crippen LogP contribution is -2.41. The molecule has 1 heterocycles. The van der Waals surface area contributed by atoms with Crippen LogP contribution in [-0.4, -0.2) is 33.2 Å². The van der Waals surface area contributed by atoms with Crippen LogP contribution < -0.4 is 9.64 Å². The number of sulfone groups is 1. The van der Waals surface area contributed by atoms with Gasteiger partial charge in [0.15, 0.2) is 9.84 Å². The van der Waals surface area contributed by atoms with Crippen LogP contribution in [0, 0.1) is 0 Å². The highest BCUT2D eigenvalue weighted by Crippen LogP contribution is 2.26. The molecule has 0 radical (unpaired) electrons. The maximum Gasteiger partial charge on any atom is 0.258 e.